The normalized spacial score (nSPS) is 10.9. The zero-order chi connectivity index (χ0) is 18.5. The van der Waals surface area contributed by atoms with Gasteiger partial charge in [0.1, 0.15) is 5.75 Å². The highest BCUT2D eigenvalue weighted by Crippen LogP contribution is 2.28. The Morgan fingerprint density at radius 2 is 1.92 bits per heavy atom. The number of thiazole rings is 1. The average Bonchev–Trinajstić information content (AvgIpc) is 3.10. The number of aromatic nitrogens is 1. The van der Waals surface area contributed by atoms with Gasteiger partial charge in [-0.05, 0) is 49.2 Å². The van der Waals surface area contributed by atoms with Crippen molar-refractivity contribution in [3.63, 3.8) is 0 Å². The van der Waals surface area contributed by atoms with E-state index in [9.17, 15) is 4.79 Å². The van der Waals surface area contributed by atoms with Gasteiger partial charge < -0.3 is 4.74 Å². The molecule has 132 valence electrons. The zero-order valence-corrected chi connectivity index (χ0v) is 15.8. The number of carbonyl (C=O) groups is 1. The molecule has 3 aromatic rings. The Bertz CT molecular complexity index is 943. The molecule has 0 atom stereocenters. The van der Waals surface area contributed by atoms with Crippen molar-refractivity contribution in [2.24, 2.45) is 0 Å². The van der Waals surface area contributed by atoms with Crippen molar-refractivity contribution in [3.05, 3.63) is 70.6 Å². The third-order valence-corrected chi connectivity index (χ3v) is 4.70. The fraction of sp³-hybridized carbons (Fsp3) is 0.143. The van der Waals surface area contributed by atoms with Crippen molar-refractivity contribution in [1.82, 2.24) is 4.98 Å². The van der Waals surface area contributed by atoms with Crippen LogP contribution in [-0.4, -0.2) is 18.0 Å². The lowest BCUT2D eigenvalue weighted by Gasteiger charge is -2.03. The van der Waals surface area contributed by atoms with E-state index in [1.54, 1.807) is 13.2 Å². The Kier molecular flexibility index (Phi) is 5.49. The molecule has 2 aromatic carbocycles. The number of hydrogen-bond donors (Lipinski definition) is 1. The van der Waals surface area contributed by atoms with Crippen LogP contribution in [0.3, 0.4) is 0 Å². The van der Waals surface area contributed by atoms with Crippen LogP contribution < -0.4 is 10.1 Å². The number of carbonyl (C=O) groups excluding carboxylic acids is 1. The summed E-state index contributed by atoms with van der Waals surface area (Å²) in [4.78, 5) is 16.7. The number of ether oxygens (including phenoxy) is 1. The van der Waals surface area contributed by atoms with E-state index in [0.29, 0.717) is 5.13 Å². The van der Waals surface area contributed by atoms with Crippen LogP contribution in [0, 0.1) is 13.8 Å². The lowest BCUT2D eigenvalue weighted by atomic mass is 10.0. The highest BCUT2D eigenvalue weighted by molar-refractivity contribution is 7.14. The van der Waals surface area contributed by atoms with Gasteiger partial charge in [-0.1, -0.05) is 29.8 Å². The number of hydrogen-bond acceptors (Lipinski definition) is 4. The van der Waals surface area contributed by atoms with Gasteiger partial charge >= 0.3 is 0 Å². The first-order valence-corrected chi connectivity index (χ1v) is 9.09. The smallest absolute Gasteiger partial charge is 0.250 e. The fourth-order valence-corrected chi connectivity index (χ4v) is 3.21. The Hall–Kier alpha value is -2.92. The molecule has 1 heterocycles. The van der Waals surface area contributed by atoms with Gasteiger partial charge in [0.25, 0.3) is 0 Å². The molecular weight excluding hydrogens is 344 g/mol. The van der Waals surface area contributed by atoms with Crippen LogP contribution in [-0.2, 0) is 4.79 Å². The minimum Gasteiger partial charge on any atom is -0.497 e. The lowest BCUT2D eigenvalue weighted by Crippen LogP contribution is -2.07. The molecular formula is C21H20N2O2S. The van der Waals surface area contributed by atoms with Gasteiger partial charge in [-0.25, -0.2) is 4.98 Å². The third kappa shape index (κ3) is 4.37. The van der Waals surface area contributed by atoms with Gasteiger partial charge in [0.05, 0.1) is 12.8 Å². The van der Waals surface area contributed by atoms with E-state index in [1.807, 2.05) is 29.6 Å². The molecule has 0 radical (unpaired) electrons. The highest BCUT2D eigenvalue weighted by atomic mass is 32.1. The molecule has 0 aliphatic carbocycles. The summed E-state index contributed by atoms with van der Waals surface area (Å²) in [6, 6.07) is 13.8. The summed E-state index contributed by atoms with van der Waals surface area (Å²) in [5.41, 5.74) is 5.25. The van der Waals surface area contributed by atoms with E-state index in [1.165, 1.54) is 23.0 Å². The third-order valence-electron chi connectivity index (χ3n) is 3.95. The van der Waals surface area contributed by atoms with Crippen LogP contribution in [0.5, 0.6) is 5.75 Å². The Balaban J connectivity index is 1.67. The molecule has 1 N–H and O–H groups in total. The first kappa shape index (κ1) is 17.9. The molecule has 5 heteroatoms. The minimum absolute atomic E-state index is 0.206. The first-order valence-electron chi connectivity index (χ1n) is 8.21. The predicted molar refractivity (Wildman–Crippen MR) is 108 cm³/mol. The topological polar surface area (TPSA) is 51.2 Å². The largest absolute Gasteiger partial charge is 0.497 e. The zero-order valence-electron chi connectivity index (χ0n) is 14.9. The van der Waals surface area contributed by atoms with Crippen LogP contribution in [0.4, 0.5) is 5.13 Å². The fourth-order valence-electron chi connectivity index (χ4n) is 2.50. The molecule has 0 bridgehead atoms. The number of rotatable bonds is 5. The summed E-state index contributed by atoms with van der Waals surface area (Å²) < 4.78 is 5.12. The molecule has 0 aliphatic heterocycles. The lowest BCUT2D eigenvalue weighted by molar-refractivity contribution is -0.111. The molecule has 4 nitrogen and oxygen atoms in total. The molecule has 26 heavy (non-hydrogen) atoms. The Morgan fingerprint density at radius 1 is 1.15 bits per heavy atom. The van der Waals surface area contributed by atoms with E-state index in [0.717, 1.165) is 28.1 Å². The van der Waals surface area contributed by atoms with E-state index in [-0.39, 0.29) is 5.91 Å². The molecule has 1 aromatic heterocycles. The first-order chi connectivity index (χ1) is 12.5. The number of amides is 1. The molecule has 0 saturated heterocycles. The molecule has 3 rings (SSSR count). The Labute approximate surface area is 157 Å². The van der Waals surface area contributed by atoms with Crippen LogP contribution in [0.15, 0.2) is 53.9 Å². The molecule has 0 aliphatic rings. The number of nitrogens with one attached hydrogen (secondary N) is 1. The Morgan fingerprint density at radius 3 is 2.65 bits per heavy atom. The van der Waals surface area contributed by atoms with Crippen LogP contribution >= 0.6 is 11.3 Å². The summed E-state index contributed by atoms with van der Waals surface area (Å²) >= 11 is 1.42. The molecule has 1 amide bonds. The van der Waals surface area contributed by atoms with Gasteiger partial charge in [-0.3, -0.25) is 10.1 Å². The van der Waals surface area contributed by atoms with Crippen molar-refractivity contribution in [1.29, 1.82) is 0 Å². The van der Waals surface area contributed by atoms with Crippen molar-refractivity contribution in [3.8, 4) is 17.0 Å². The van der Waals surface area contributed by atoms with Crippen LogP contribution in [0.1, 0.15) is 16.7 Å². The second-order valence-electron chi connectivity index (χ2n) is 5.95. The summed E-state index contributed by atoms with van der Waals surface area (Å²) in [5, 5.41) is 5.37. The summed E-state index contributed by atoms with van der Waals surface area (Å²) in [5.74, 6) is 0.580. The van der Waals surface area contributed by atoms with Crippen molar-refractivity contribution >= 4 is 28.5 Å². The minimum atomic E-state index is -0.206. The maximum absolute atomic E-state index is 12.1. The van der Waals surface area contributed by atoms with E-state index < -0.39 is 0 Å². The van der Waals surface area contributed by atoms with Crippen molar-refractivity contribution in [2.75, 3.05) is 12.4 Å². The average molecular weight is 364 g/mol. The van der Waals surface area contributed by atoms with Gasteiger partial charge in [0.15, 0.2) is 5.13 Å². The quantitative estimate of drug-likeness (QED) is 0.642. The number of benzene rings is 2. The maximum atomic E-state index is 12.1. The second kappa shape index (κ2) is 7.97. The standard InChI is InChI=1S/C21H20N2O2S/c1-14-4-5-15(2)18(12-14)19-13-26-21(22-19)23-20(24)11-8-16-6-9-17(25-3)10-7-16/h4-13H,1-3H3,(H,22,23,24)/b11-8+. The second-order valence-corrected chi connectivity index (χ2v) is 6.81. The van der Waals surface area contributed by atoms with Gasteiger partial charge in [-0.15, -0.1) is 11.3 Å². The number of aryl methyl sites for hydroxylation is 2. The summed E-state index contributed by atoms with van der Waals surface area (Å²) in [7, 11) is 1.62. The maximum Gasteiger partial charge on any atom is 0.250 e. The summed E-state index contributed by atoms with van der Waals surface area (Å²) in [6.45, 7) is 4.12. The van der Waals surface area contributed by atoms with Crippen molar-refractivity contribution in [2.45, 2.75) is 13.8 Å². The van der Waals surface area contributed by atoms with E-state index in [2.05, 4.69) is 42.3 Å². The van der Waals surface area contributed by atoms with Crippen LogP contribution in [0.2, 0.25) is 0 Å². The molecule has 0 fully saturated rings. The molecule has 0 unspecified atom stereocenters. The SMILES string of the molecule is COc1ccc(/C=C/C(=O)Nc2nc(-c3cc(C)ccc3C)cs2)cc1. The monoisotopic (exact) mass is 364 g/mol. The van der Waals surface area contributed by atoms with Gasteiger partial charge in [0.2, 0.25) is 5.91 Å². The summed E-state index contributed by atoms with van der Waals surface area (Å²) in [6.07, 6.45) is 3.26. The molecule has 0 saturated carbocycles. The highest BCUT2D eigenvalue weighted by Gasteiger charge is 2.09. The van der Waals surface area contributed by atoms with Gasteiger partial charge in [0, 0.05) is 17.0 Å². The van der Waals surface area contributed by atoms with E-state index >= 15 is 0 Å². The number of methoxy groups -OCH3 is 1. The van der Waals surface area contributed by atoms with Crippen molar-refractivity contribution < 1.29 is 9.53 Å². The van der Waals surface area contributed by atoms with Gasteiger partial charge in [-0.2, -0.15) is 0 Å². The molecule has 0 spiro atoms. The van der Waals surface area contributed by atoms with Crippen LogP contribution in [0.25, 0.3) is 17.3 Å². The van der Waals surface area contributed by atoms with E-state index in [4.69, 9.17) is 4.74 Å². The number of nitrogens with zero attached hydrogens (tertiary/aromatic N) is 1. The predicted octanol–water partition coefficient (Wildman–Crippen LogP) is 5.09. The number of anilines is 1.